The van der Waals surface area contributed by atoms with Crippen LogP contribution in [0.1, 0.15) is 58.1 Å². The van der Waals surface area contributed by atoms with E-state index in [1.54, 1.807) is 30.3 Å². The van der Waals surface area contributed by atoms with Crippen molar-refractivity contribution in [3.05, 3.63) is 63.1 Å². The van der Waals surface area contributed by atoms with Crippen molar-refractivity contribution in [1.29, 1.82) is 0 Å². The number of hydrogen-bond donors (Lipinski definition) is 2. The van der Waals surface area contributed by atoms with E-state index >= 15 is 0 Å². The average molecular weight is 433 g/mol. The van der Waals surface area contributed by atoms with Gasteiger partial charge in [-0.3, -0.25) is 9.59 Å². The Labute approximate surface area is 177 Å². The zero-order valence-corrected chi connectivity index (χ0v) is 18.1. The van der Waals surface area contributed by atoms with Crippen LogP contribution in [0.3, 0.4) is 0 Å². The van der Waals surface area contributed by atoms with Gasteiger partial charge in [0.25, 0.3) is 11.8 Å². The lowest BCUT2D eigenvalue weighted by atomic mass is 9.97. The number of aromatic nitrogens is 2. The van der Waals surface area contributed by atoms with Gasteiger partial charge in [-0.25, -0.2) is 0 Å². The molecule has 29 heavy (non-hydrogen) atoms. The van der Waals surface area contributed by atoms with Crippen molar-refractivity contribution >= 4 is 39.8 Å². The quantitative estimate of drug-likeness (QED) is 0.615. The molecule has 7 nitrogen and oxygen atoms in total. The third-order valence-corrected chi connectivity index (χ3v) is 5.48. The summed E-state index contributed by atoms with van der Waals surface area (Å²) < 4.78 is 5.22. The first-order valence-electron chi connectivity index (χ1n) is 8.92. The number of halogens is 1. The molecule has 1 aromatic carbocycles. The van der Waals surface area contributed by atoms with Gasteiger partial charge < -0.3 is 15.2 Å². The molecule has 0 saturated carbocycles. The van der Waals surface area contributed by atoms with Gasteiger partial charge in [-0.1, -0.05) is 49.7 Å². The standard InChI is InChI=1S/C20H21ClN4O3S/c1-11-9-15(24-17(26)12-7-5-6-8-13(12)21)29-16(11)18(27)22-10-14-23-19(28-25-14)20(2,3)4/h5-9H,10H2,1-4H3,(H,22,27)(H,24,26). The van der Waals surface area contributed by atoms with Crippen LogP contribution in [0.25, 0.3) is 0 Å². The maximum absolute atomic E-state index is 12.5. The smallest absolute Gasteiger partial charge is 0.262 e. The molecule has 0 aliphatic heterocycles. The van der Waals surface area contributed by atoms with Gasteiger partial charge in [-0.15, -0.1) is 11.3 Å². The van der Waals surface area contributed by atoms with Crippen molar-refractivity contribution in [2.45, 2.75) is 39.7 Å². The molecule has 2 amide bonds. The molecule has 2 N–H and O–H groups in total. The van der Waals surface area contributed by atoms with Crippen LogP contribution in [0.4, 0.5) is 5.00 Å². The fourth-order valence-corrected chi connectivity index (χ4v) is 3.67. The molecular weight excluding hydrogens is 412 g/mol. The van der Waals surface area contributed by atoms with Gasteiger partial charge in [0.15, 0.2) is 5.82 Å². The van der Waals surface area contributed by atoms with E-state index in [1.807, 2.05) is 27.7 Å². The number of benzene rings is 1. The van der Waals surface area contributed by atoms with Crippen LogP contribution in [0, 0.1) is 6.92 Å². The first kappa shape index (κ1) is 21.0. The Morgan fingerprint density at radius 2 is 1.93 bits per heavy atom. The molecule has 0 aliphatic rings. The molecule has 3 rings (SSSR count). The monoisotopic (exact) mass is 432 g/mol. The summed E-state index contributed by atoms with van der Waals surface area (Å²) in [6.45, 7) is 7.86. The lowest BCUT2D eigenvalue weighted by molar-refractivity contribution is 0.0952. The normalized spacial score (nSPS) is 11.3. The molecule has 0 aliphatic carbocycles. The zero-order chi connectivity index (χ0) is 21.2. The van der Waals surface area contributed by atoms with Crippen LogP contribution < -0.4 is 10.6 Å². The lowest BCUT2D eigenvalue weighted by Crippen LogP contribution is -2.23. The number of anilines is 1. The molecule has 3 aromatic rings. The predicted molar refractivity (Wildman–Crippen MR) is 113 cm³/mol. The minimum atomic E-state index is -0.328. The molecule has 0 fully saturated rings. The second-order valence-corrected chi connectivity index (χ2v) is 8.96. The molecule has 0 bridgehead atoms. The van der Waals surface area contributed by atoms with Crippen LogP contribution in [0.2, 0.25) is 5.02 Å². The summed E-state index contributed by atoms with van der Waals surface area (Å²) in [5.74, 6) is 0.321. The molecule has 0 unspecified atom stereocenters. The number of rotatable bonds is 5. The summed E-state index contributed by atoms with van der Waals surface area (Å²) in [6, 6.07) is 8.54. The summed E-state index contributed by atoms with van der Waals surface area (Å²) in [5.41, 5.74) is 0.873. The maximum atomic E-state index is 12.5. The molecule has 2 aromatic heterocycles. The largest absolute Gasteiger partial charge is 0.344 e. The first-order valence-corrected chi connectivity index (χ1v) is 10.1. The van der Waals surface area contributed by atoms with Crippen LogP contribution in [-0.2, 0) is 12.0 Å². The third-order valence-electron chi connectivity index (χ3n) is 4.00. The Morgan fingerprint density at radius 1 is 1.21 bits per heavy atom. The van der Waals surface area contributed by atoms with Crippen molar-refractivity contribution in [1.82, 2.24) is 15.5 Å². The van der Waals surface area contributed by atoms with Crippen molar-refractivity contribution in [2.75, 3.05) is 5.32 Å². The van der Waals surface area contributed by atoms with E-state index in [1.165, 1.54) is 11.3 Å². The summed E-state index contributed by atoms with van der Waals surface area (Å²) in [6.07, 6.45) is 0. The van der Waals surface area contributed by atoms with Crippen molar-refractivity contribution < 1.29 is 14.1 Å². The summed E-state index contributed by atoms with van der Waals surface area (Å²) in [5, 5.41) is 10.4. The van der Waals surface area contributed by atoms with Gasteiger partial charge in [0.1, 0.15) is 0 Å². The highest BCUT2D eigenvalue weighted by molar-refractivity contribution is 7.18. The Bertz CT molecular complexity index is 1050. The topological polar surface area (TPSA) is 97.1 Å². The minimum absolute atomic E-state index is 0.150. The Balaban J connectivity index is 1.65. The molecule has 9 heteroatoms. The zero-order valence-electron chi connectivity index (χ0n) is 16.5. The van der Waals surface area contributed by atoms with Gasteiger partial charge >= 0.3 is 0 Å². The second-order valence-electron chi connectivity index (χ2n) is 7.51. The molecule has 0 atom stereocenters. The van der Waals surface area contributed by atoms with Crippen LogP contribution >= 0.6 is 22.9 Å². The molecule has 152 valence electrons. The van der Waals surface area contributed by atoms with E-state index in [2.05, 4.69) is 20.8 Å². The average Bonchev–Trinajstić information content (AvgIpc) is 3.26. The number of carbonyl (C=O) groups excluding carboxylic acids is 2. The van der Waals surface area contributed by atoms with E-state index in [0.29, 0.717) is 32.2 Å². The highest BCUT2D eigenvalue weighted by Gasteiger charge is 2.22. The molecule has 0 spiro atoms. The lowest BCUT2D eigenvalue weighted by Gasteiger charge is -2.10. The highest BCUT2D eigenvalue weighted by Crippen LogP contribution is 2.28. The van der Waals surface area contributed by atoms with Crippen molar-refractivity contribution in [3.8, 4) is 0 Å². The van der Waals surface area contributed by atoms with E-state index in [-0.39, 0.29) is 23.8 Å². The molecular formula is C20H21ClN4O3S. The second kappa shape index (κ2) is 8.34. The summed E-state index contributed by atoms with van der Waals surface area (Å²) >= 11 is 7.25. The number of nitrogens with one attached hydrogen (secondary N) is 2. The predicted octanol–water partition coefficient (Wildman–Crippen LogP) is 4.57. The van der Waals surface area contributed by atoms with E-state index < -0.39 is 0 Å². The van der Waals surface area contributed by atoms with Gasteiger partial charge in [-0.2, -0.15) is 4.98 Å². The number of amides is 2. The highest BCUT2D eigenvalue weighted by atomic mass is 35.5. The number of aryl methyl sites for hydroxylation is 1. The molecule has 0 saturated heterocycles. The van der Waals surface area contributed by atoms with E-state index in [0.717, 1.165) is 5.56 Å². The van der Waals surface area contributed by atoms with E-state index in [9.17, 15) is 9.59 Å². The number of hydrogen-bond acceptors (Lipinski definition) is 6. The fourth-order valence-electron chi connectivity index (χ4n) is 2.46. The number of carbonyl (C=O) groups is 2. The molecule has 2 heterocycles. The van der Waals surface area contributed by atoms with Crippen LogP contribution in [0.15, 0.2) is 34.9 Å². The van der Waals surface area contributed by atoms with Gasteiger partial charge in [-0.05, 0) is 30.7 Å². The van der Waals surface area contributed by atoms with Crippen LogP contribution in [-0.4, -0.2) is 22.0 Å². The molecule has 0 radical (unpaired) electrons. The van der Waals surface area contributed by atoms with Gasteiger partial charge in [0.05, 0.1) is 27.0 Å². The van der Waals surface area contributed by atoms with Gasteiger partial charge in [0, 0.05) is 5.41 Å². The fraction of sp³-hybridized carbons (Fsp3) is 0.300. The number of nitrogens with zero attached hydrogens (tertiary/aromatic N) is 2. The minimum Gasteiger partial charge on any atom is -0.344 e. The van der Waals surface area contributed by atoms with Gasteiger partial charge in [0.2, 0.25) is 5.89 Å². The summed E-state index contributed by atoms with van der Waals surface area (Å²) in [7, 11) is 0. The van der Waals surface area contributed by atoms with Crippen molar-refractivity contribution in [3.63, 3.8) is 0 Å². The Kier molecular flexibility index (Phi) is 6.04. The third kappa shape index (κ3) is 5.02. The maximum Gasteiger partial charge on any atom is 0.262 e. The SMILES string of the molecule is Cc1cc(NC(=O)c2ccccc2Cl)sc1C(=O)NCc1noc(C(C)(C)C)n1. The number of thiophene rings is 1. The van der Waals surface area contributed by atoms with E-state index in [4.69, 9.17) is 16.1 Å². The Hall–Kier alpha value is -2.71. The van der Waals surface area contributed by atoms with Crippen LogP contribution in [0.5, 0.6) is 0 Å². The summed E-state index contributed by atoms with van der Waals surface area (Å²) in [4.78, 5) is 29.7. The van der Waals surface area contributed by atoms with Crippen molar-refractivity contribution in [2.24, 2.45) is 0 Å². The Morgan fingerprint density at radius 3 is 2.59 bits per heavy atom. The first-order chi connectivity index (χ1) is 13.6.